The van der Waals surface area contributed by atoms with Gasteiger partial charge in [-0.3, -0.25) is 0 Å². The van der Waals surface area contributed by atoms with E-state index in [0.717, 1.165) is 18.8 Å². The lowest BCUT2D eigenvalue weighted by Gasteiger charge is -1.88. The first-order chi connectivity index (χ1) is 6.16. The molecule has 0 fully saturated rings. The van der Waals surface area contributed by atoms with E-state index in [9.17, 15) is 0 Å². The molecule has 13 heavy (non-hydrogen) atoms. The van der Waals surface area contributed by atoms with Crippen LogP contribution in [0.25, 0.3) is 10.6 Å². The van der Waals surface area contributed by atoms with E-state index >= 15 is 0 Å². The van der Waals surface area contributed by atoms with E-state index in [2.05, 4.69) is 36.8 Å². The lowest BCUT2D eigenvalue weighted by atomic mass is 10.4. The van der Waals surface area contributed by atoms with Crippen LogP contribution in [-0.4, -0.2) is 4.98 Å². The minimum absolute atomic E-state index is 0.589. The first kappa shape index (κ1) is 9.64. The van der Waals surface area contributed by atoms with Crippen LogP contribution in [0.15, 0.2) is 19.7 Å². The van der Waals surface area contributed by atoms with Crippen LogP contribution in [0, 0.1) is 0 Å². The minimum atomic E-state index is 0.589. The number of nitrogens with zero attached hydrogens (tertiary/aromatic N) is 1. The fourth-order valence-electron chi connectivity index (χ4n) is 0.906. The summed E-state index contributed by atoms with van der Waals surface area (Å²) in [6, 6.07) is 2.03. The second kappa shape index (κ2) is 3.68. The zero-order valence-electron chi connectivity index (χ0n) is 6.25. The largest absolute Gasteiger partial charge is 0.375 e. The molecule has 2 rings (SSSR count). The Labute approximate surface area is 100 Å². The predicted octanol–water partition coefficient (Wildman–Crippen LogP) is 3.98. The maximum atomic E-state index is 5.59. The van der Waals surface area contributed by atoms with Crippen molar-refractivity contribution in [2.75, 3.05) is 5.73 Å². The van der Waals surface area contributed by atoms with Gasteiger partial charge in [-0.25, -0.2) is 4.98 Å². The number of aromatic nitrogens is 1. The number of nitrogens with two attached hydrogens (primary N) is 1. The first-order valence-corrected chi connectivity index (χ1v) is 6.61. The molecule has 0 aliphatic heterocycles. The summed E-state index contributed by atoms with van der Waals surface area (Å²) in [6.45, 7) is 0. The molecular weight excluding hydrogens is 336 g/mol. The van der Waals surface area contributed by atoms with Crippen molar-refractivity contribution in [3.63, 3.8) is 0 Å². The van der Waals surface area contributed by atoms with Crippen LogP contribution >= 0.6 is 54.5 Å². The molecule has 6 heteroatoms. The summed E-state index contributed by atoms with van der Waals surface area (Å²) < 4.78 is 2.06. The molecule has 0 amide bonds. The molecule has 0 bridgehead atoms. The SMILES string of the molecule is Nc1nc(-c2cc(Br)cs2)c(Br)s1. The Morgan fingerprint density at radius 2 is 2.15 bits per heavy atom. The summed E-state index contributed by atoms with van der Waals surface area (Å²) >= 11 is 9.92. The molecule has 2 heterocycles. The molecular formula is C7H4Br2N2S2. The van der Waals surface area contributed by atoms with E-state index in [-0.39, 0.29) is 0 Å². The van der Waals surface area contributed by atoms with Crippen LogP contribution in [-0.2, 0) is 0 Å². The van der Waals surface area contributed by atoms with Gasteiger partial charge < -0.3 is 5.73 Å². The normalized spacial score (nSPS) is 10.6. The van der Waals surface area contributed by atoms with Crippen molar-refractivity contribution in [1.29, 1.82) is 0 Å². The maximum absolute atomic E-state index is 5.59. The van der Waals surface area contributed by atoms with Gasteiger partial charge in [-0.05, 0) is 37.9 Å². The number of thiophene rings is 1. The highest BCUT2D eigenvalue weighted by Crippen LogP contribution is 2.38. The number of hydrogen-bond acceptors (Lipinski definition) is 4. The third-order valence-corrected chi connectivity index (χ3v) is 4.64. The predicted molar refractivity (Wildman–Crippen MR) is 65.2 cm³/mol. The average Bonchev–Trinajstić information content (AvgIpc) is 2.58. The summed E-state index contributed by atoms with van der Waals surface area (Å²) in [4.78, 5) is 5.35. The van der Waals surface area contributed by atoms with Gasteiger partial charge in [0.15, 0.2) is 5.13 Å². The zero-order chi connectivity index (χ0) is 9.42. The molecule has 0 saturated heterocycles. The summed E-state index contributed by atoms with van der Waals surface area (Å²) in [7, 11) is 0. The van der Waals surface area contributed by atoms with Gasteiger partial charge in [-0.2, -0.15) is 0 Å². The van der Waals surface area contributed by atoms with Crippen molar-refractivity contribution >= 4 is 59.7 Å². The molecule has 0 spiro atoms. The van der Waals surface area contributed by atoms with Crippen LogP contribution < -0.4 is 5.73 Å². The van der Waals surface area contributed by atoms with Gasteiger partial charge in [0, 0.05) is 9.85 Å². The quantitative estimate of drug-likeness (QED) is 0.853. The van der Waals surface area contributed by atoms with Gasteiger partial charge in [-0.1, -0.05) is 11.3 Å². The van der Waals surface area contributed by atoms with Crippen molar-refractivity contribution < 1.29 is 0 Å². The average molecular weight is 340 g/mol. The summed E-state index contributed by atoms with van der Waals surface area (Å²) in [5, 5.41) is 2.61. The summed E-state index contributed by atoms with van der Waals surface area (Å²) in [5.41, 5.74) is 6.52. The monoisotopic (exact) mass is 338 g/mol. The molecule has 0 atom stereocenters. The summed E-state index contributed by atoms with van der Waals surface area (Å²) in [6.07, 6.45) is 0. The van der Waals surface area contributed by atoms with Crippen molar-refractivity contribution in [3.05, 3.63) is 19.7 Å². The molecule has 68 valence electrons. The lowest BCUT2D eigenvalue weighted by molar-refractivity contribution is 1.42. The van der Waals surface area contributed by atoms with Crippen LogP contribution in [0.3, 0.4) is 0 Å². The lowest BCUT2D eigenvalue weighted by Crippen LogP contribution is -1.80. The number of anilines is 1. The molecule has 2 nitrogen and oxygen atoms in total. The van der Waals surface area contributed by atoms with Gasteiger partial charge in [0.25, 0.3) is 0 Å². The molecule has 0 aliphatic rings. The van der Waals surface area contributed by atoms with E-state index in [0.29, 0.717) is 5.13 Å². The Morgan fingerprint density at radius 1 is 1.38 bits per heavy atom. The Hall–Kier alpha value is 0.0900. The first-order valence-electron chi connectivity index (χ1n) is 3.33. The fourth-order valence-corrected chi connectivity index (χ4v) is 3.90. The van der Waals surface area contributed by atoms with E-state index in [1.54, 1.807) is 11.3 Å². The van der Waals surface area contributed by atoms with Crippen LogP contribution in [0.5, 0.6) is 0 Å². The molecule has 0 radical (unpaired) electrons. The highest BCUT2D eigenvalue weighted by atomic mass is 79.9. The zero-order valence-corrected chi connectivity index (χ0v) is 11.1. The number of nitrogen functional groups attached to an aromatic ring is 1. The molecule has 0 aromatic carbocycles. The van der Waals surface area contributed by atoms with Crippen molar-refractivity contribution in [1.82, 2.24) is 4.98 Å². The molecule has 0 saturated carbocycles. The number of hydrogen-bond donors (Lipinski definition) is 1. The second-order valence-electron chi connectivity index (χ2n) is 2.30. The van der Waals surface area contributed by atoms with Gasteiger partial charge in [0.2, 0.25) is 0 Å². The van der Waals surface area contributed by atoms with Gasteiger partial charge in [0.05, 0.1) is 4.88 Å². The van der Waals surface area contributed by atoms with E-state index < -0.39 is 0 Å². The topological polar surface area (TPSA) is 38.9 Å². The van der Waals surface area contributed by atoms with E-state index in [4.69, 9.17) is 5.73 Å². The van der Waals surface area contributed by atoms with Crippen molar-refractivity contribution in [2.45, 2.75) is 0 Å². The molecule has 0 aliphatic carbocycles. The van der Waals surface area contributed by atoms with Gasteiger partial charge in [0.1, 0.15) is 9.48 Å². The molecule has 2 N–H and O–H groups in total. The Kier molecular flexibility index (Phi) is 2.73. The van der Waals surface area contributed by atoms with Crippen LogP contribution in [0.4, 0.5) is 5.13 Å². The minimum Gasteiger partial charge on any atom is -0.375 e. The second-order valence-corrected chi connectivity index (χ2v) is 6.48. The summed E-state index contributed by atoms with van der Waals surface area (Å²) in [5.74, 6) is 0. The van der Waals surface area contributed by atoms with Gasteiger partial charge >= 0.3 is 0 Å². The van der Waals surface area contributed by atoms with Crippen LogP contribution in [0.1, 0.15) is 0 Å². The molecule has 0 unspecified atom stereocenters. The Morgan fingerprint density at radius 3 is 2.62 bits per heavy atom. The highest BCUT2D eigenvalue weighted by Gasteiger charge is 2.10. The van der Waals surface area contributed by atoms with E-state index in [1.165, 1.54) is 11.3 Å². The third-order valence-electron chi connectivity index (χ3n) is 1.40. The number of halogens is 2. The molecule has 2 aromatic rings. The van der Waals surface area contributed by atoms with Crippen molar-refractivity contribution in [3.8, 4) is 10.6 Å². The smallest absolute Gasteiger partial charge is 0.181 e. The highest BCUT2D eigenvalue weighted by molar-refractivity contribution is 9.11. The van der Waals surface area contributed by atoms with Gasteiger partial charge in [-0.15, -0.1) is 11.3 Å². The van der Waals surface area contributed by atoms with Crippen LogP contribution in [0.2, 0.25) is 0 Å². The maximum Gasteiger partial charge on any atom is 0.181 e. The number of thiazole rings is 1. The molecule has 2 aromatic heterocycles. The fraction of sp³-hybridized carbons (Fsp3) is 0. The standard InChI is InChI=1S/C7H4Br2N2S2/c8-3-1-4(12-2-3)5-6(9)13-7(10)11-5/h1-2H,(H2,10,11). The Bertz CT molecular complexity index is 435. The van der Waals surface area contributed by atoms with Crippen molar-refractivity contribution in [2.24, 2.45) is 0 Å². The Balaban J connectivity index is 2.51. The number of rotatable bonds is 1. The van der Waals surface area contributed by atoms with E-state index in [1.807, 2.05) is 11.4 Å². The third kappa shape index (κ3) is 1.96.